The second kappa shape index (κ2) is 11.0. The Balaban J connectivity index is 1.82. The summed E-state index contributed by atoms with van der Waals surface area (Å²) in [6.45, 7) is 1.58. The minimum Gasteiger partial charge on any atom is -0.394 e. The molecular weight excluding hydrogens is 452 g/mol. The van der Waals surface area contributed by atoms with Gasteiger partial charge in [0.1, 0.15) is 54.9 Å². The van der Waals surface area contributed by atoms with Crippen molar-refractivity contribution in [1.29, 1.82) is 0 Å². The van der Waals surface area contributed by atoms with Gasteiger partial charge < -0.3 is 69.6 Å². The summed E-state index contributed by atoms with van der Waals surface area (Å²) < 4.78 is 27.4. The molecule has 0 aromatic carbocycles. The molecule has 0 aromatic rings. The predicted molar refractivity (Wildman–Crippen MR) is 103 cm³/mol. The first kappa shape index (κ1) is 27.0. The zero-order chi connectivity index (χ0) is 24.6. The molecule has 6 unspecified atom stereocenters. The molecule has 0 aromatic heterocycles. The van der Waals surface area contributed by atoms with Crippen molar-refractivity contribution in [2.24, 2.45) is 5.92 Å². The summed E-state index contributed by atoms with van der Waals surface area (Å²) in [5, 5.41) is 90.5. The fraction of sp³-hybridized carbons (Fsp3) is 1.00. The Morgan fingerprint density at radius 1 is 0.576 bits per heavy atom. The second-order valence-corrected chi connectivity index (χ2v) is 8.69. The van der Waals surface area contributed by atoms with Crippen molar-refractivity contribution >= 4 is 0 Å². The lowest BCUT2D eigenvalue weighted by Crippen LogP contribution is -2.65. The van der Waals surface area contributed by atoms with Gasteiger partial charge in [0.15, 0.2) is 18.9 Å². The third-order valence-electron chi connectivity index (χ3n) is 6.40. The molecule has 0 spiro atoms. The summed E-state index contributed by atoms with van der Waals surface area (Å²) in [5.74, 6) is -0.850. The van der Waals surface area contributed by atoms with Crippen LogP contribution in [0.25, 0.3) is 0 Å². The lowest BCUT2D eigenvalue weighted by molar-refractivity contribution is -0.383. The number of hydrogen-bond acceptors (Lipinski definition) is 14. The minimum absolute atomic E-state index is 0.636. The van der Waals surface area contributed by atoms with Gasteiger partial charge in [-0.15, -0.1) is 0 Å². The van der Waals surface area contributed by atoms with Gasteiger partial charge in [-0.2, -0.15) is 0 Å². The Kier molecular flexibility index (Phi) is 9.02. The van der Waals surface area contributed by atoms with Crippen LogP contribution in [0.3, 0.4) is 0 Å². The maximum absolute atomic E-state index is 10.7. The van der Waals surface area contributed by atoms with Crippen LogP contribution < -0.4 is 0 Å². The molecule has 0 aliphatic carbocycles. The van der Waals surface area contributed by atoms with Crippen LogP contribution in [0.4, 0.5) is 0 Å². The molecule has 3 saturated heterocycles. The second-order valence-electron chi connectivity index (χ2n) is 8.69. The number of rotatable bonds is 6. The van der Waals surface area contributed by atoms with Crippen LogP contribution in [0.15, 0.2) is 0 Å². The molecule has 3 heterocycles. The summed E-state index contributed by atoms with van der Waals surface area (Å²) in [4.78, 5) is 0. The van der Waals surface area contributed by atoms with Gasteiger partial charge in [0, 0.05) is 5.92 Å². The van der Waals surface area contributed by atoms with Gasteiger partial charge >= 0.3 is 0 Å². The molecule has 0 amide bonds. The van der Waals surface area contributed by atoms with Crippen LogP contribution in [0.1, 0.15) is 13.8 Å². The van der Waals surface area contributed by atoms with Gasteiger partial charge in [0.05, 0.1) is 25.4 Å². The summed E-state index contributed by atoms with van der Waals surface area (Å²) in [7, 11) is 0. The average molecular weight is 486 g/mol. The lowest BCUT2D eigenvalue weighted by atomic mass is 9.92. The predicted octanol–water partition coefficient (Wildman–Crippen LogP) is -5.27. The van der Waals surface area contributed by atoms with Crippen molar-refractivity contribution in [2.75, 3.05) is 13.2 Å². The van der Waals surface area contributed by atoms with E-state index in [-0.39, 0.29) is 0 Å². The smallest absolute Gasteiger partial charge is 0.187 e. The number of aliphatic hydroxyl groups excluding tert-OH is 9. The summed E-state index contributed by atoms with van der Waals surface area (Å²) in [6.07, 6.45) is -20.2. The molecule has 14 heteroatoms. The highest BCUT2D eigenvalue weighted by molar-refractivity contribution is 4.95. The van der Waals surface area contributed by atoms with Crippen molar-refractivity contribution in [3.63, 3.8) is 0 Å². The molecule has 14 nitrogen and oxygen atoms in total. The quantitative estimate of drug-likeness (QED) is 0.171. The van der Waals surface area contributed by atoms with Crippen LogP contribution in [-0.2, 0) is 23.7 Å². The normalized spacial score (nSPS) is 53.7. The zero-order valence-corrected chi connectivity index (χ0v) is 18.1. The van der Waals surface area contributed by atoms with E-state index < -0.39 is 105 Å². The highest BCUT2D eigenvalue weighted by Gasteiger charge is 2.53. The Morgan fingerprint density at radius 2 is 1.15 bits per heavy atom. The van der Waals surface area contributed by atoms with Crippen LogP contribution in [0, 0.1) is 5.92 Å². The van der Waals surface area contributed by atoms with Gasteiger partial charge in [0.2, 0.25) is 0 Å². The summed E-state index contributed by atoms with van der Waals surface area (Å²) in [5.41, 5.74) is 0. The van der Waals surface area contributed by atoms with E-state index in [0.717, 1.165) is 0 Å². The molecule has 33 heavy (non-hydrogen) atoms. The monoisotopic (exact) mass is 486 g/mol. The van der Waals surface area contributed by atoms with Gasteiger partial charge in [-0.25, -0.2) is 0 Å². The Bertz CT molecular complexity index is 623. The van der Waals surface area contributed by atoms with E-state index in [0.29, 0.717) is 0 Å². The molecule has 3 aliphatic heterocycles. The van der Waals surface area contributed by atoms with E-state index in [1.807, 2.05) is 0 Å². The van der Waals surface area contributed by atoms with Crippen molar-refractivity contribution in [2.45, 2.75) is 99.9 Å². The van der Waals surface area contributed by atoms with Crippen molar-refractivity contribution in [3.05, 3.63) is 0 Å². The topological polar surface area (TPSA) is 228 Å². The van der Waals surface area contributed by atoms with Crippen LogP contribution in [-0.4, -0.2) is 145 Å². The first-order valence-corrected chi connectivity index (χ1v) is 10.8. The maximum Gasteiger partial charge on any atom is 0.187 e. The molecule has 3 aliphatic rings. The maximum atomic E-state index is 10.7. The minimum atomic E-state index is -1.80. The molecular formula is C19H34O14. The molecule has 0 saturated carbocycles. The van der Waals surface area contributed by atoms with E-state index in [4.69, 9.17) is 23.7 Å². The van der Waals surface area contributed by atoms with Crippen LogP contribution >= 0.6 is 0 Å². The average Bonchev–Trinajstić information content (AvgIpc) is 2.79. The molecule has 3 fully saturated rings. The lowest BCUT2D eigenvalue weighted by Gasteiger charge is -2.48. The Morgan fingerprint density at radius 3 is 1.76 bits per heavy atom. The highest BCUT2D eigenvalue weighted by Crippen LogP contribution is 2.34. The fourth-order valence-corrected chi connectivity index (χ4v) is 4.17. The van der Waals surface area contributed by atoms with Crippen LogP contribution in [0.5, 0.6) is 0 Å². The third kappa shape index (κ3) is 5.34. The number of aliphatic hydroxyl groups is 9. The largest absolute Gasteiger partial charge is 0.394 e. The molecule has 0 radical (unpaired) electrons. The standard InChI is InChI=1S/C19H34O14/c1-5-9(22)11(24)7(3-20)31-18(5)32-15-12(25)8(4-21)30-17(28)16(15)33-19-14(27)13(26)10(23)6(2)29-19/h5-28H,3-4H2,1-2H3/t5-,6?,7?,8?,9+,10+,11-,12-,13-,14+,15-,16-,17?,18?,19?/m0/s1. The summed E-state index contributed by atoms with van der Waals surface area (Å²) >= 11 is 0. The molecule has 15 atom stereocenters. The SMILES string of the molecule is CC1OC(O[C@@H]2C(O)OC(CO)[C@H](O)[C@@H]2OC2OC(CO)[C@H](O)[C@H](O)[C@@H]2C)[C@H](O)[C@@H](O)[C@@H]1O. The van der Waals surface area contributed by atoms with Crippen molar-refractivity contribution < 1.29 is 69.6 Å². The fourth-order valence-electron chi connectivity index (χ4n) is 4.17. The van der Waals surface area contributed by atoms with E-state index in [9.17, 15) is 46.0 Å². The van der Waals surface area contributed by atoms with Gasteiger partial charge in [-0.1, -0.05) is 6.92 Å². The summed E-state index contributed by atoms with van der Waals surface area (Å²) in [6, 6.07) is 0. The van der Waals surface area contributed by atoms with E-state index in [1.165, 1.54) is 13.8 Å². The van der Waals surface area contributed by atoms with Gasteiger partial charge in [0.25, 0.3) is 0 Å². The Hall–Kier alpha value is -0.560. The molecule has 0 bridgehead atoms. The Labute approximate surface area is 189 Å². The van der Waals surface area contributed by atoms with E-state index in [1.54, 1.807) is 0 Å². The number of hydrogen-bond donors (Lipinski definition) is 9. The van der Waals surface area contributed by atoms with Crippen molar-refractivity contribution in [3.8, 4) is 0 Å². The van der Waals surface area contributed by atoms with E-state index >= 15 is 0 Å². The molecule has 9 N–H and O–H groups in total. The highest BCUT2D eigenvalue weighted by atomic mass is 16.8. The third-order valence-corrected chi connectivity index (χ3v) is 6.40. The number of ether oxygens (including phenoxy) is 5. The van der Waals surface area contributed by atoms with E-state index in [2.05, 4.69) is 0 Å². The first-order chi connectivity index (χ1) is 15.5. The molecule has 3 rings (SSSR count). The van der Waals surface area contributed by atoms with Gasteiger partial charge in [-0.05, 0) is 6.92 Å². The van der Waals surface area contributed by atoms with Crippen molar-refractivity contribution in [1.82, 2.24) is 0 Å². The van der Waals surface area contributed by atoms with Gasteiger partial charge in [-0.3, -0.25) is 0 Å². The van der Waals surface area contributed by atoms with Crippen LogP contribution in [0.2, 0.25) is 0 Å². The zero-order valence-electron chi connectivity index (χ0n) is 18.1. The first-order valence-electron chi connectivity index (χ1n) is 10.8. The molecule has 194 valence electrons.